The van der Waals surface area contributed by atoms with Crippen LogP contribution >= 0.6 is 0 Å². The Kier molecular flexibility index (Phi) is 8.23. The molecule has 1 spiro atoms. The molecule has 2 amide bonds. The van der Waals surface area contributed by atoms with Crippen molar-refractivity contribution in [1.29, 1.82) is 0 Å². The van der Waals surface area contributed by atoms with Crippen molar-refractivity contribution < 1.29 is 48.0 Å². The summed E-state index contributed by atoms with van der Waals surface area (Å²) < 4.78 is 28.9. The lowest BCUT2D eigenvalue weighted by Crippen LogP contribution is -2.74. The highest BCUT2D eigenvalue weighted by molar-refractivity contribution is 5.90. The molecule has 2 saturated heterocycles. The number of piperidine rings is 1. The molecule has 2 N–H and O–H groups in total. The molecule has 0 saturated carbocycles. The van der Waals surface area contributed by atoms with Crippen LogP contribution in [0.3, 0.4) is 0 Å². The smallest absolute Gasteiger partial charge is 0.410 e. The van der Waals surface area contributed by atoms with Gasteiger partial charge >= 0.3 is 18.0 Å². The number of rotatable bonds is 7. The Morgan fingerprint density at radius 3 is 2.57 bits per heavy atom. The maximum Gasteiger partial charge on any atom is 0.410 e. The Bertz CT molecular complexity index is 1520. The summed E-state index contributed by atoms with van der Waals surface area (Å²) in [5.41, 5.74) is -0.741. The van der Waals surface area contributed by atoms with Crippen molar-refractivity contribution in [1.82, 2.24) is 15.1 Å². The molecule has 2 bridgehead atoms. The van der Waals surface area contributed by atoms with Gasteiger partial charge in [-0.05, 0) is 91.6 Å². The zero-order chi connectivity index (χ0) is 34.1. The highest BCUT2D eigenvalue weighted by Gasteiger charge is 2.72. The van der Waals surface area contributed by atoms with Gasteiger partial charge < -0.3 is 39.0 Å². The number of nitrogens with one attached hydrogen (secondary N) is 1. The van der Waals surface area contributed by atoms with E-state index in [2.05, 4.69) is 10.2 Å². The number of hydrogen-bond donors (Lipinski definition) is 2. The molecule has 1 aromatic carbocycles. The van der Waals surface area contributed by atoms with E-state index in [-0.39, 0.29) is 18.2 Å². The molecule has 3 aliphatic heterocycles. The van der Waals surface area contributed by atoms with Gasteiger partial charge in [-0.3, -0.25) is 9.69 Å². The molecule has 13 heteroatoms. The minimum atomic E-state index is -1.31. The second kappa shape index (κ2) is 11.7. The SMILES string of the molecule is COc1ccc2c3c1O[C@H]1C(OC(=O)[C@H](C)OC(=O)[C@H](C)NC(=O)[C@@H]4CCCN4C(=O)OC(C)(C)C)=CC[C@@]4(O)[C@H](C2)N(C)CC[C@]314. The fourth-order valence-corrected chi connectivity index (χ4v) is 8.06. The highest BCUT2D eigenvalue weighted by atomic mass is 16.6. The molecule has 47 heavy (non-hydrogen) atoms. The van der Waals surface area contributed by atoms with E-state index in [1.54, 1.807) is 34.0 Å². The Hall–Kier alpha value is -3.84. The van der Waals surface area contributed by atoms with Crippen LogP contribution in [-0.4, -0.2) is 108 Å². The summed E-state index contributed by atoms with van der Waals surface area (Å²) in [4.78, 5) is 55.5. The number of aliphatic hydroxyl groups is 1. The fraction of sp³-hybridized carbons (Fsp3) is 0.647. The number of nitrogens with zero attached hydrogens (tertiary/aromatic N) is 2. The van der Waals surface area contributed by atoms with Crippen molar-refractivity contribution in [2.75, 3.05) is 27.2 Å². The topological polar surface area (TPSA) is 153 Å². The van der Waals surface area contributed by atoms with Crippen LogP contribution in [0.25, 0.3) is 0 Å². The fourth-order valence-electron chi connectivity index (χ4n) is 8.06. The third-order valence-corrected chi connectivity index (χ3v) is 10.3. The molecular weight excluding hydrogens is 610 g/mol. The van der Waals surface area contributed by atoms with Gasteiger partial charge in [-0.25, -0.2) is 14.4 Å². The van der Waals surface area contributed by atoms with Crippen LogP contribution in [0.15, 0.2) is 24.0 Å². The Balaban J connectivity index is 1.12. The van der Waals surface area contributed by atoms with Gasteiger partial charge in [0.2, 0.25) is 5.91 Å². The van der Waals surface area contributed by atoms with Gasteiger partial charge in [-0.1, -0.05) is 6.07 Å². The number of likely N-dealkylation sites (N-methyl/N-ethyl adjacent to an activating group) is 1. The van der Waals surface area contributed by atoms with Gasteiger partial charge in [0.15, 0.2) is 23.7 Å². The van der Waals surface area contributed by atoms with E-state index in [0.717, 1.165) is 17.7 Å². The maximum atomic E-state index is 13.3. The van der Waals surface area contributed by atoms with Gasteiger partial charge in [0.1, 0.15) is 23.4 Å². The minimum absolute atomic E-state index is 0.153. The number of likely N-dealkylation sites (tertiary alicyclic amines) is 2. The average Bonchev–Trinajstić information content (AvgIpc) is 3.63. The zero-order valence-electron chi connectivity index (χ0n) is 28.1. The van der Waals surface area contributed by atoms with Crippen molar-refractivity contribution in [3.63, 3.8) is 0 Å². The number of ether oxygens (including phenoxy) is 5. The zero-order valence-corrected chi connectivity index (χ0v) is 28.1. The predicted octanol–water partition coefficient (Wildman–Crippen LogP) is 2.35. The molecule has 1 aromatic rings. The number of carbonyl (C=O) groups is 4. The van der Waals surface area contributed by atoms with Gasteiger partial charge in [0.05, 0.1) is 18.1 Å². The normalized spacial score (nSPS) is 30.3. The van der Waals surface area contributed by atoms with Crippen molar-refractivity contribution >= 4 is 23.9 Å². The molecule has 3 heterocycles. The average molecular weight is 656 g/mol. The first-order valence-corrected chi connectivity index (χ1v) is 16.3. The molecule has 13 nitrogen and oxygen atoms in total. The number of esters is 2. The summed E-state index contributed by atoms with van der Waals surface area (Å²) in [5.74, 6) is -0.811. The number of methoxy groups -OCH3 is 1. The van der Waals surface area contributed by atoms with E-state index < -0.39 is 64.8 Å². The number of hydrogen-bond acceptors (Lipinski definition) is 11. The summed E-state index contributed by atoms with van der Waals surface area (Å²) in [6.07, 6.45) is 1.55. The molecule has 5 aliphatic rings. The monoisotopic (exact) mass is 655 g/mol. The Morgan fingerprint density at radius 1 is 1.13 bits per heavy atom. The largest absolute Gasteiger partial charge is 0.493 e. The summed E-state index contributed by atoms with van der Waals surface area (Å²) in [6.45, 7) is 9.17. The Morgan fingerprint density at radius 2 is 1.87 bits per heavy atom. The first-order valence-electron chi connectivity index (χ1n) is 16.3. The number of benzene rings is 1. The van der Waals surface area contributed by atoms with Crippen molar-refractivity contribution in [3.8, 4) is 11.5 Å². The van der Waals surface area contributed by atoms with E-state index in [4.69, 9.17) is 23.7 Å². The van der Waals surface area contributed by atoms with Gasteiger partial charge in [-0.15, -0.1) is 0 Å². The maximum absolute atomic E-state index is 13.3. The van der Waals surface area contributed by atoms with Crippen molar-refractivity contribution in [3.05, 3.63) is 35.1 Å². The van der Waals surface area contributed by atoms with E-state index >= 15 is 0 Å². The van der Waals surface area contributed by atoms with E-state index in [9.17, 15) is 24.3 Å². The van der Waals surface area contributed by atoms with Crippen LogP contribution in [0.5, 0.6) is 11.5 Å². The summed E-state index contributed by atoms with van der Waals surface area (Å²) in [5, 5.41) is 15.0. The van der Waals surface area contributed by atoms with Gasteiger partial charge in [0.25, 0.3) is 0 Å². The van der Waals surface area contributed by atoms with Gasteiger partial charge in [-0.2, -0.15) is 0 Å². The van der Waals surface area contributed by atoms with Crippen LogP contribution < -0.4 is 14.8 Å². The number of carbonyl (C=O) groups excluding carboxylic acids is 4. The molecule has 7 atom stereocenters. The summed E-state index contributed by atoms with van der Waals surface area (Å²) in [6, 6.07) is 1.84. The van der Waals surface area contributed by atoms with Crippen LogP contribution in [0.1, 0.15) is 71.4 Å². The molecule has 2 aliphatic carbocycles. The quantitative estimate of drug-likeness (QED) is 0.329. The van der Waals surface area contributed by atoms with Crippen LogP contribution in [0.2, 0.25) is 0 Å². The summed E-state index contributed by atoms with van der Waals surface area (Å²) in [7, 11) is 3.58. The number of amides is 2. The molecule has 0 unspecified atom stereocenters. The standard InChI is InChI=1S/C34H45N3O10/c1-18(35-28(38)21-9-8-15-37(21)31(41)47-32(3,4)5)29(39)44-19(2)30(40)45-23-12-13-34(42)24-17-20-10-11-22(43-7)26-25(20)33(34,27(23)46-26)14-16-36(24)6/h10-12,18-19,21,24,27,42H,8-9,13-17H2,1-7H3,(H,35,38)/t18-,19-,21-,24-,27-,33-,34+/m0/s1. The second-order valence-corrected chi connectivity index (χ2v) is 14.3. The lowest BCUT2D eigenvalue weighted by molar-refractivity contribution is -0.176. The minimum Gasteiger partial charge on any atom is -0.493 e. The van der Waals surface area contributed by atoms with E-state index in [1.807, 2.05) is 19.2 Å². The first kappa shape index (κ1) is 33.1. The third-order valence-electron chi connectivity index (χ3n) is 10.3. The van der Waals surface area contributed by atoms with Crippen LogP contribution in [0, 0.1) is 0 Å². The van der Waals surface area contributed by atoms with E-state index in [1.165, 1.54) is 18.7 Å². The molecular formula is C34H45N3O10. The van der Waals surface area contributed by atoms with Crippen molar-refractivity contribution in [2.24, 2.45) is 0 Å². The highest BCUT2D eigenvalue weighted by Crippen LogP contribution is 2.65. The van der Waals surface area contributed by atoms with Crippen LogP contribution in [-0.2, 0) is 40.4 Å². The Labute approximate surface area is 274 Å². The molecule has 6 rings (SSSR count). The molecule has 2 fully saturated rings. The second-order valence-electron chi connectivity index (χ2n) is 14.3. The lowest BCUT2D eigenvalue weighted by Gasteiger charge is -2.61. The van der Waals surface area contributed by atoms with Gasteiger partial charge in [0, 0.05) is 24.6 Å². The first-order chi connectivity index (χ1) is 22.1. The molecule has 0 aromatic heterocycles. The molecule has 256 valence electrons. The lowest BCUT2D eigenvalue weighted by atomic mass is 9.50. The molecule has 0 radical (unpaired) electrons. The van der Waals surface area contributed by atoms with Crippen LogP contribution in [0.4, 0.5) is 4.79 Å². The third kappa shape index (κ3) is 5.31. The predicted molar refractivity (Wildman–Crippen MR) is 167 cm³/mol. The van der Waals surface area contributed by atoms with Crippen molar-refractivity contribution in [2.45, 2.75) is 114 Å². The van der Waals surface area contributed by atoms with E-state index in [0.29, 0.717) is 43.7 Å². The summed E-state index contributed by atoms with van der Waals surface area (Å²) >= 11 is 0.